The summed E-state index contributed by atoms with van der Waals surface area (Å²) in [6.45, 7) is 2.27. The molecule has 0 saturated heterocycles. The van der Waals surface area contributed by atoms with Crippen LogP contribution in [0, 0.1) is 5.92 Å². The molecule has 2 heterocycles. The fourth-order valence-corrected chi connectivity index (χ4v) is 5.97. The van der Waals surface area contributed by atoms with Gasteiger partial charge in [0.2, 0.25) is 0 Å². The van der Waals surface area contributed by atoms with Crippen molar-refractivity contribution in [1.82, 2.24) is 9.97 Å². The summed E-state index contributed by atoms with van der Waals surface area (Å²) in [4.78, 5) is 23.7. The van der Waals surface area contributed by atoms with E-state index in [-0.39, 0.29) is 12.1 Å². The molecule has 134 valence electrons. The second-order valence-corrected chi connectivity index (χ2v) is 9.28. The first-order valence-corrected chi connectivity index (χ1v) is 11.1. The van der Waals surface area contributed by atoms with Crippen LogP contribution in [0.25, 0.3) is 10.2 Å². The Morgan fingerprint density at radius 3 is 2.88 bits per heavy atom. The number of carbonyl (C=O) groups excluding carboxylic acids is 1. The number of fused-ring (bicyclic) bond motifs is 3. The number of nitrogens with zero attached hydrogens (tertiary/aromatic N) is 2. The van der Waals surface area contributed by atoms with E-state index in [9.17, 15) is 4.79 Å². The topological polar surface area (TPSA) is 52.1 Å². The molecular formula is C19H24N2O2S2. The Hall–Kier alpha value is -1.14. The van der Waals surface area contributed by atoms with Crippen LogP contribution in [0.4, 0.5) is 0 Å². The number of hydrogen-bond donors (Lipinski definition) is 0. The number of rotatable bonds is 4. The van der Waals surface area contributed by atoms with Gasteiger partial charge in [-0.15, -0.1) is 11.3 Å². The quantitative estimate of drug-likeness (QED) is 0.436. The van der Waals surface area contributed by atoms with Crippen LogP contribution in [0.5, 0.6) is 0 Å². The summed E-state index contributed by atoms with van der Waals surface area (Å²) >= 11 is 3.30. The average molecular weight is 377 g/mol. The van der Waals surface area contributed by atoms with Crippen molar-refractivity contribution in [3.05, 3.63) is 16.8 Å². The van der Waals surface area contributed by atoms with Gasteiger partial charge in [-0.1, -0.05) is 18.7 Å². The predicted molar refractivity (Wildman–Crippen MR) is 102 cm³/mol. The highest BCUT2D eigenvalue weighted by Crippen LogP contribution is 2.39. The molecule has 2 aliphatic carbocycles. The smallest absolute Gasteiger partial charge is 0.316 e. The van der Waals surface area contributed by atoms with E-state index >= 15 is 0 Å². The minimum atomic E-state index is -0.111. The number of thiophene rings is 1. The van der Waals surface area contributed by atoms with Gasteiger partial charge in [0.05, 0.1) is 5.75 Å². The summed E-state index contributed by atoms with van der Waals surface area (Å²) < 4.78 is 5.67. The molecule has 0 spiro atoms. The van der Waals surface area contributed by atoms with Gasteiger partial charge in [-0.05, 0) is 62.8 Å². The Bertz CT molecular complexity index is 766. The lowest BCUT2D eigenvalue weighted by atomic mass is 9.89. The van der Waals surface area contributed by atoms with Crippen molar-refractivity contribution in [3.8, 4) is 0 Å². The first kappa shape index (κ1) is 17.3. The van der Waals surface area contributed by atoms with Crippen LogP contribution in [0.3, 0.4) is 0 Å². The van der Waals surface area contributed by atoms with Gasteiger partial charge in [-0.2, -0.15) is 0 Å². The van der Waals surface area contributed by atoms with Gasteiger partial charge in [0.1, 0.15) is 22.3 Å². The normalized spacial score (nSPS) is 23.4. The van der Waals surface area contributed by atoms with E-state index in [4.69, 9.17) is 4.74 Å². The van der Waals surface area contributed by atoms with Gasteiger partial charge < -0.3 is 4.74 Å². The molecule has 0 atom stereocenters. The first-order valence-electron chi connectivity index (χ1n) is 9.28. The monoisotopic (exact) mass is 376 g/mol. The molecule has 25 heavy (non-hydrogen) atoms. The summed E-state index contributed by atoms with van der Waals surface area (Å²) in [5, 5.41) is 2.13. The summed E-state index contributed by atoms with van der Waals surface area (Å²) in [5.41, 5.74) is 1.42. The zero-order valence-corrected chi connectivity index (χ0v) is 16.3. The summed E-state index contributed by atoms with van der Waals surface area (Å²) in [6.07, 6.45) is 10.9. The maximum atomic E-state index is 12.2. The SMILES string of the molecule is CC1CCC(OC(=O)CSc2ncnc3sc4c(c23)CCCC4)CC1. The van der Waals surface area contributed by atoms with Crippen LogP contribution in [0.1, 0.15) is 55.9 Å². The summed E-state index contributed by atoms with van der Waals surface area (Å²) in [7, 11) is 0. The maximum Gasteiger partial charge on any atom is 0.316 e. The Labute approximate surface area is 156 Å². The van der Waals surface area contributed by atoms with Crippen molar-refractivity contribution < 1.29 is 9.53 Å². The van der Waals surface area contributed by atoms with E-state index in [0.29, 0.717) is 5.75 Å². The molecule has 0 aromatic carbocycles. The number of thioether (sulfide) groups is 1. The summed E-state index contributed by atoms with van der Waals surface area (Å²) in [5.74, 6) is 0.992. The molecule has 0 amide bonds. The molecular weight excluding hydrogens is 352 g/mol. The van der Waals surface area contributed by atoms with Crippen molar-refractivity contribution in [3.63, 3.8) is 0 Å². The van der Waals surface area contributed by atoms with Gasteiger partial charge in [-0.3, -0.25) is 4.79 Å². The molecule has 2 aliphatic rings. The third-order valence-corrected chi connectivity index (χ3v) is 7.47. The molecule has 0 N–H and O–H groups in total. The van der Waals surface area contributed by atoms with E-state index in [1.807, 2.05) is 0 Å². The predicted octanol–water partition coefficient (Wildman–Crippen LogP) is 4.78. The molecule has 1 saturated carbocycles. The first-order chi connectivity index (χ1) is 12.2. The van der Waals surface area contributed by atoms with Gasteiger partial charge in [0.15, 0.2) is 0 Å². The van der Waals surface area contributed by atoms with Crippen molar-refractivity contribution in [2.24, 2.45) is 5.92 Å². The lowest BCUT2D eigenvalue weighted by Crippen LogP contribution is -2.24. The van der Waals surface area contributed by atoms with E-state index < -0.39 is 0 Å². The molecule has 4 nitrogen and oxygen atoms in total. The standard InChI is InChI=1S/C19H24N2O2S2/c1-12-6-8-13(9-7-12)23-16(22)10-24-18-17-14-4-2-3-5-15(14)25-19(17)21-11-20-18/h11-13H,2-10H2,1H3. The Kier molecular flexibility index (Phi) is 5.27. The third-order valence-electron chi connectivity index (χ3n) is 5.30. The van der Waals surface area contributed by atoms with Crippen molar-refractivity contribution >= 4 is 39.3 Å². The highest BCUT2D eigenvalue weighted by Gasteiger charge is 2.23. The number of carbonyl (C=O) groups is 1. The molecule has 4 rings (SSSR count). The van der Waals surface area contributed by atoms with E-state index in [0.717, 1.165) is 41.5 Å². The van der Waals surface area contributed by atoms with Crippen LogP contribution < -0.4 is 0 Å². The van der Waals surface area contributed by atoms with Gasteiger partial charge >= 0.3 is 5.97 Å². The van der Waals surface area contributed by atoms with Crippen LogP contribution in [-0.4, -0.2) is 27.8 Å². The lowest BCUT2D eigenvalue weighted by molar-refractivity contribution is -0.147. The highest BCUT2D eigenvalue weighted by molar-refractivity contribution is 8.00. The number of aromatic nitrogens is 2. The van der Waals surface area contributed by atoms with E-state index in [2.05, 4.69) is 16.9 Å². The second-order valence-electron chi connectivity index (χ2n) is 7.23. The van der Waals surface area contributed by atoms with Gasteiger partial charge in [0, 0.05) is 10.3 Å². The van der Waals surface area contributed by atoms with Crippen LogP contribution in [0.2, 0.25) is 0 Å². The molecule has 0 bridgehead atoms. The zero-order valence-electron chi connectivity index (χ0n) is 14.6. The molecule has 2 aromatic heterocycles. The van der Waals surface area contributed by atoms with Crippen LogP contribution in [0.15, 0.2) is 11.4 Å². The lowest BCUT2D eigenvalue weighted by Gasteiger charge is -2.25. The number of hydrogen-bond acceptors (Lipinski definition) is 6. The van der Waals surface area contributed by atoms with Crippen LogP contribution in [-0.2, 0) is 22.4 Å². The fourth-order valence-electron chi connectivity index (χ4n) is 3.87. The van der Waals surface area contributed by atoms with E-state index in [1.165, 1.54) is 53.3 Å². The van der Waals surface area contributed by atoms with Gasteiger partial charge in [0.25, 0.3) is 0 Å². The van der Waals surface area contributed by atoms with Crippen molar-refractivity contribution in [2.75, 3.05) is 5.75 Å². The molecule has 0 unspecified atom stereocenters. The molecule has 1 fully saturated rings. The van der Waals surface area contributed by atoms with E-state index in [1.54, 1.807) is 17.7 Å². The molecule has 6 heteroatoms. The average Bonchev–Trinajstić information content (AvgIpc) is 3.01. The zero-order chi connectivity index (χ0) is 17.2. The molecule has 0 radical (unpaired) electrons. The second kappa shape index (κ2) is 7.62. The Balaban J connectivity index is 1.42. The Morgan fingerprint density at radius 1 is 1.24 bits per heavy atom. The minimum absolute atomic E-state index is 0.111. The van der Waals surface area contributed by atoms with Crippen molar-refractivity contribution in [1.29, 1.82) is 0 Å². The highest BCUT2D eigenvalue weighted by atomic mass is 32.2. The van der Waals surface area contributed by atoms with Crippen molar-refractivity contribution in [2.45, 2.75) is 69.4 Å². The largest absolute Gasteiger partial charge is 0.462 e. The maximum absolute atomic E-state index is 12.2. The fraction of sp³-hybridized carbons (Fsp3) is 0.632. The van der Waals surface area contributed by atoms with Crippen LogP contribution >= 0.6 is 23.1 Å². The molecule has 0 aliphatic heterocycles. The number of aryl methyl sites for hydroxylation is 2. The third kappa shape index (κ3) is 3.85. The number of esters is 1. The van der Waals surface area contributed by atoms with Gasteiger partial charge in [-0.25, -0.2) is 9.97 Å². The number of ether oxygens (including phenoxy) is 1. The minimum Gasteiger partial charge on any atom is -0.462 e. The molecule has 2 aromatic rings. The summed E-state index contributed by atoms with van der Waals surface area (Å²) in [6, 6.07) is 0. The Morgan fingerprint density at radius 2 is 2.04 bits per heavy atom.